The van der Waals surface area contributed by atoms with Crippen molar-refractivity contribution in [3.05, 3.63) is 71.4 Å². The lowest BCUT2D eigenvalue weighted by Crippen LogP contribution is -2.42. The van der Waals surface area contributed by atoms with Crippen LogP contribution < -0.4 is 10.1 Å². The number of para-hydroxylation sites is 1. The van der Waals surface area contributed by atoms with Crippen molar-refractivity contribution in [3.63, 3.8) is 0 Å². The molecule has 1 fully saturated rings. The minimum atomic E-state index is -0.00982. The van der Waals surface area contributed by atoms with Crippen molar-refractivity contribution in [3.8, 4) is 5.75 Å². The second kappa shape index (κ2) is 10.8. The molecule has 4 nitrogen and oxygen atoms in total. The Bertz CT molecular complexity index is 1020. The van der Waals surface area contributed by atoms with E-state index in [0.717, 1.165) is 61.6 Å². The summed E-state index contributed by atoms with van der Waals surface area (Å²) in [6, 6.07) is 17.4. The first kappa shape index (κ1) is 22.6. The number of aromatic nitrogens is 1. The third kappa shape index (κ3) is 5.60. The van der Waals surface area contributed by atoms with Gasteiger partial charge in [-0.25, -0.2) is 0 Å². The third-order valence-corrected chi connectivity index (χ3v) is 6.73. The van der Waals surface area contributed by atoms with Crippen LogP contribution in [0.25, 0.3) is 10.9 Å². The van der Waals surface area contributed by atoms with E-state index >= 15 is 0 Å². The number of carbonyl (C=O) groups is 1. The molecule has 0 radical (unpaired) electrons. The lowest BCUT2D eigenvalue weighted by molar-refractivity contribution is 0.0866. The number of pyridine rings is 1. The van der Waals surface area contributed by atoms with E-state index in [-0.39, 0.29) is 18.1 Å². The van der Waals surface area contributed by atoms with E-state index in [1.165, 1.54) is 0 Å². The minimum Gasteiger partial charge on any atom is -0.490 e. The summed E-state index contributed by atoms with van der Waals surface area (Å²) in [6.45, 7) is 2.20. The summed E-state index contributed by atoms with van der Waals surface area (Å²) in [5.74, 6) is 1.38. The predicted molar refractivity (Wildman–Crippen MR) is 130 cm³/mol. The average Bonchev–Trinajstić information content (AvgIpc) is 2.83. The molecule has 1 amide bonds. The van der Waals surface area contributed by atoms with Gasteiger partial charge in [0, 0.05) is 28.2 Å². The normalized spacial score (nSPS) is 19.4. The number of rotatable bonds is 8. The maximum atomic E-state index is 12.8. The zero-order valence-electron chi connectivity index (χ0n) is 18.6. The first-order valence-electron chi connectivity index (χ1n) is 11.7. The Morgan fingerprint density at radius 2 is 1.84 bits per heavy atom. The molecule has 1 aromatic heterocycles. The van der Waals surface area contributed by atoms with Crippen LogP contribution in [0.3, 0.4) is 0 Å². The molecular formula is C27H31ClN2O2. The van der Waals surface area contributed by atoms with Crippen LogP contribution in [0.2, 0.25) is 5.02 Å². The molecule has 0 spiro atoms. The highest BCUT2D eigenvalue weighted by Crippen LogP contribution is 2.33. The summed E-state index contributed by atoms with van der Waals surface area (Å²) in [7, 11) is 0. The highest BCUT2D eigenvalue weighted by atomic mass is 35.5. The smallest absolute Gasteiger partial charge is 0.251 e. The SMILES string of the molecule is CCCCC(NC(=O)c1ccc(Cl)cc1)C1CCC(Oc2ccnc3ccccc23)CC1. The number of nitrogens with zero attached hydrogens (tertiary/aromatic N) is 1. The molecule has 32 heavy (non-hydrogen) atoms. The van der Waals surface area contributed by atoms with Crippen LogP contribution in [0.1, 0.15) is 62.2 Å². The van der Waals surface area contributed by atoms with E-state index in [1.807, 2.05) is 30.5 Å². The first-order valence-corrected chi connectivity index (χ1v) is 12.1. The average molecular weight is 451 g/mol. The molecule has 0 saturated heterocycles. The topological polar surface area (TPSA) is 51.2 Å². The Balaban J connectivity index is 1.37. The molecule has 2 aromatic carbocycles. The van der Waals surface area contributed by atoms with Crippen LogP contribution in [-0.2, 0) is 0 Å². The highest BCUT2D eigenvalue weighted by molar-refractivity contribution is 6.30. The molecule has 1 aliphatic rings. The molecule has 1 aliphatic carbocycles. The number of hydrogen-bond acceptors (Lipinski definition) is 3. The minimum absolute atomic E-state index is 0.00982. The van der Waals surface area contributed by atoms with Gasteiger partial charge in [-0.3, -0.25) is 9.78 Å². The predicted octanol–water partition coefficient (Wildman–Crippen LogP) is 6.81. The summed E-state index contributed by atoms with van der Waals surface area (Å²) >= 11 is 5.97. The zero-order valence-corrected chi connectivity index (χ0v) is 19.4. The second-order valence-electron chi connectivity index (χ2n) is 8.71. The third-order valence-electron chi connectivity index (χ3n) is 6.48. The summed E-state index contributed by atoms with van der Waals surface area (Å²) in [5, 5.41) is 5.02. The Labute approximate surface area is 195 Å². The zero-order chi connectivity index (χ0) is 22.3. The number of unbranched alkanes of at least 4 members (excludes halogenated alkanes) is 1. The number of hydrogen-bond donors (Lipinski definition) is 1. The number of amides is 1. The van der Waals surface area contributed by atoms with E-state index < -0.39 is 0 Å². The number of ether oxygens (including phenoxy) is 1. The summed E-state index contributed by atoms with van der Waals surface area (Å²) < 4.78 is 6.40. The second-order valence-corrected chi connectivity index (χ2v) is 9.15. The Morgan fingerprint density at radius 1 is 1.09 bits per heavy atom. The molecule has 1 saturated carbocycles. The monoisotopic (exact) mass is 450 g/mol. The lowest BCUT2D eigenvalue weighted by Gasteiger charge is -2.34. The van der Waals surface area contributed by atoms with E-state index in [2.05, 4.69) is 23.3 Å². The molecule has 1 N–H and O–H groups in total. The molecule has 1 unspecified atom stereocenters. The van der Waals surface area contributed by atoms with Gasteiger partial charge in [0.15, 0.2) is 0 Å². The Hall–Kier alpha value is -2.59. The molecule has 0 aliphatic heterocycles. The maximum Gasteiger partial charge on any atom is 0.251 e. The molecule has 1 heterocycles. The molecule has 1 atom stereocenters. The van der Waals surface area contributed by atoms with E-state index in [4.69, 9.17) is 16.3 Å². The van der Waals surface area contributed by atoms with Gasteiger partial charge in [-0.2, -0.15) is 0 Å². The van der Waals surface area contributed by atoms with Gasteiger partial charge in [-0.05, 0) is 80.5 Å². The number of fused-ring (bicyclic) bond motifs is 1. The molecule has 168 valence electrons. The van der Waals surface area contributed by atoms with Gasteiger partial charge in [0.25, 0.3) is 5.91 Å². The van der Waals surface area contributed by atoms with Crippen LogP contribution in [0.5, 0.6) is 5.75 Å². The summed E-state index contributed by atoms with van der Waals surface area (Å²) in [4.78, 5) is 17.2. The molecule has 5 heteroatoms. The van der Waals surface area contributed by atoms with Crippen molar-refractivity contribution in [2.75, 3.05) is 0 Å². The van der Waals surface area contributed by atoms with Gasteiger partial charge in [-0.15, -0.1) is 0 Å². The molecule has 3 aromatic rings. The fourth-order valence-corrected chi connectivity index (χ4v) is 4.79. The fraction of sp³-hybridized carbons (Fsp3) is 0.407. The Kier molecular flexibility index (Phi) is 7.64. The van der Waals surface area contributed by atoms with Gasteiger partial charge < -0.3 is 10.1 Å². The van der Waals surface area contributed by atoms with Crippen molar-refractivity contribution in [1.29, 1.82) is 0 Å². The van der Waals surface area contributed by atoms with E-state index in [0.29, 0.717) is 16.5 Å². The standard InChI is InChI=1S/C27H31ClN2O2/c1-2-3-7-24(30-27(31)20-9-13-21(28)14-10-20)19-11-15-22(16-12-19)32-26-17-18-29-25-8-5-4-6-23(25)26/h4-6,8-10,13-14,17-19,22,24H,2-3,7,11-12,15-16H2,1H3,(H,30,31). The van der Waals surface area contributed by atoms with Gasteiger partial charge in [0.05, 0.1) is 11.6 Å². The largest absolute Gasteiger partial charge is 0.490 e. The van der Waals surface area contributed by atoms with Gasteiger partial charge >= 0.3 is 0 Å². The molecule has 0 bridgehead atoms. The number of carbonyl (C=O) groups excluding carboxylic acids is 1. The quantitative estimate of drug-likeness (QED) is 0.409. The fourth-order valence-electron chi connectivity index (χ4n) is 4.66. The van der Waals surface area contributed by atoms with Crippen LogP contribution >= 0.6 is 11.6 Å². The van der Waals surface area contributed by atoms with Crippen LogP contribution in [0, 0.1) is 5.92 Å². The Morgan fingerprint density at radius 3 is 2.59 bits per heavy atom. The van der Waals surface area contributed by atoms with E-state index in [9.17, 15) is 4.79 Å². The van der Waals surface area contributed by atoms with E-state index in [1.54, 1.807) is 24.3 Å². The number of halogens is 1. The lowest BCUT2D eigenvalue weighted by atomic mass is 9.80. The van der Waals surface area contributed by atoms with Crippen molar-refractivity contribution in [1.82, 2.24) is 10.3 Å². The van der Waals surface area contributed by atoms with Crippen LogP contribution in [-0.4, -0.2) is 23.0 Å². The van der Waals surface area contributed by atoms with Gasteiger partial charge in [-0.1, -0.05) is 43.5 Å². The van der Waals surface area contributed by atoms with Crippen LogP contribution in [0.15, 0.2) is 60.8 Å². The van der Waals surface area contributed by atoms with Crippen molar-refractivity contribution in [2.24, 2.45) is 5.92 Å². The molecular weight excluding hydrogens is 420 g/mol. The van der Waals surface area contributed by atoms with Gasteiger partial charge in [0.2, 0.25) is 0 Å². The van der Waals surface area contributed by atoms with Crippen molar-refractivity contribution in [2.45, 2.75) is 64.0 Å². The first-order chi connectivity index (χ1) is 15.6. The number of nitrogens with one attached hydrogen (secondary N) is 1. The van der Waals surface area contributed by atoms with Crippen LogP contribution in [0.4, 0.5) is 0 Å². The van der Waals surface area contributed by atoms with Crippen molar-refractivity contribution >= 4 is 28.4 Å². The maximum absolute atomic E-state index is 12.8. The molecule has 4 rings (SSSR count). The summed E-state index contributed by atoms with van der Waals surface area (Å²) in [5.41, 5.74) is 1.63. The van der Waals surface area contributed by atoms with Gasteiger partial charge in [0.1, 0.15) is 5.75 Å². The highest BCUT2D eigenvalue weighted by Gasteiger charge is 2.29. The summed E-state index contributed by atoms with van der Waals surface area (Å²) in [6.07, 6.45) is 9.40. The van der Waals surface area contributed by atoms with Crippen molar-refractivity contribution < 1.29 is 9.53 Å². The number of benzene rings is 2.